The van der Waals surface area contributed by atoms with E-state index in [2.05, 4.69) is 0 Å². The number of likely N-dealkylation sites (N-methyl/N-ethyl adjacent to an activating group) is 1. The number of quaternary nitrogens is 1. The van der Waals surface area contributed by atoms with E-state index < -0.39 is 16.0 Å². The highest BCUT2D eigenvalue weighted by Crippen LogP contribution is 2.17. The van der Waals surface area contributed by atoms with E-state index in [1.165, 1.54) is 26.2 Å². The molecule has 0 saturated heterocycles. The third-order valence-corrected chi connectivity index (χ3v) is 4.04. The van der Waals surface area contributed by atoms with E-state index >= 15 is 0 Å². The molecule has 0 radical (unpaired) electrons. The van der Waals surface area contributed by atoms with Gasteiger partial charge in [0.25, 0.3) is 10.0 Å². The normalized spacial score (nSPS) is 12.1. The van der Waals surface area contributed by atoms with Crippen LogP contribution in [0.5, 0.6) is 0 Å². The lowest BCUT2D eigenvalue weighted by Gasteiger charge is -2.08. The van der Waals surface area contributed by atoms with Gasteiger partial charge in [0.1, 0.15) is 13.2 Å². The van der Waals surface area contributed by atoms with Crippen molar-refractivity contribution in [2.24, 2.45) is 0 Å². The summed E-state index contributed by atoms with van der Waals surface area (Å²) in [7, 11) is 2.97. The molecule has 8 heteroatoms. The Morgan fingerprint density at radius 2 is 2.00 bits per heavy atom. The molecule has 0 bridgehead atoms. The minimum atomic E-state index is -3.67. The highest BCUT2D eigenvalue weighted by atomic mass is 32.2. The van der Waals surface area contributed by atoms with Crippen LogP contribution in [0.3, 0.4) is 0 Å². The maximum absolute atomic E-state index is 11.7. The first-order valence-electron chi connectivity index (χ1n) is 5.73. The van der Waals surface area contributed by atoms with Crippen LogP contribution < -0.4 is 4.90 Å². The van der Waals surface area contributed by atoms with Crippen molar-refractivity contribution in [1.29, 1.82) is 0 Å². The number of ether oxygens (including phenoxy) is 1. The summed E-state index contributed by atoms with van der Waals surface area (Å²) in [5.41, 5.74) is 0. The first-order valence-corrected chi connectivity index (χ1v) is 7.17. The second kappa shape index (κ2) is 6.18. The van der Waals surface area contributed by atoms with Crippen LogP contribution in [-0.2, 0) is 14.8 Å². The molecule has 0 atom stereocenters. The number of carbonyl (C=O) groups excluding carboxylic acids is 1. The van der Waals surface area contributed by atoms with E-state index in [-0.39, 0.29) is 17.5 Å². The van der Waals surface area contributed by atoms with E-state index in [0.717, 1.165) is 9.21 Å². The van der Waals surface area contributed by atoms with Crippen molar-refractivity contribution in [3.63, 3.8) is 0 Å². The van der Waals surface area contributed by atoms with E-state index in [9.17, 15) is 13.2 Å². The van der Waals surface area contributed by atoms with Crippen molar-refractivity contribution in [3.8, 4) is 0 Å². The van der Waals surface area contributed by atoms with E-state index in [0.29, 0.717) is 6.54 Å². The van der Waals surface area contributed by atoms with E-state index in [4.69, 9.17) is 9.15 Å². The lowest BCUT2D eigenvalue weighted by atomic mass is 10.4. The van der Waals surface area contributed by atoms with Crippen LogP contribution in [0.25, 0.3) is 0 Å². The molecule has 19 heavy (non-hydrogen) atoms. The SMILES string of the molecule is CN(C)S(=O)(=O)c1ccc(C(=O)OCC[NH+](C)C)o1. The van der Waals surface area contributed by atoms with Crippen molar-refractivity contribution in [2.75, 3.05) is 41.3 Å². The van der Waals surface area contributed by atoms with Crippen LogP contribution in [0.1, 0.15) is 10.6 Å². The molecule has 0 unspecified atom stereocenters. The Hall–Kier alpha value is -1.38. The van der Waals surface area contributed by atoms with Crippen molar-refractivity contribution < 1.29 is 27.3 Å². The number of carbonyl (C=O) groups is 1. The molecule has 0 aromatic carbocycles. The smallest absolute Gasteiger partial charge is 0.374 e. The summed E-state index contributed by atoms with van der Waals surface area (Å²) in [5, 5.41) is -0.275. The second-order valence-electron chi connectivity index (χ2n) is 4.50. The molecular formula is C11H19N2O5S+. The molecule has 1 aromatic heterocycles. The van der Waals surface area contributed by atoms with Gasteiger partial charge in [0.15, 0.2) is 0 Å². The molecule has 108 valence electrons. The Bertz CT molecular complexity index is 533. The fraction of sp³-hybridized carbons (Fsp3) is 0.545. The van der Waals surface area contributed by atoms with Gasteiger partial charge >= 0.3 is 5.97 Å². The molecule has 0 fully saturated rings. The van der Waals surface area contributed by atoms with Gasteiger partial charge in [0.05, 0.1) is 14.1 Å². The Kier molecular flexibility index (Phi) is 5.10. The monoisotopic (exact) mass is 291 g/mol. The molecule has 0 aliphatic carbocycles. The summed E-state index contributed by atoms with van der Waals surface area (Å²) in [6, 6.07) is 2.53. The predicted molar refractivity (Wildman–Crippen MR) is 67.5 cm³/mol. The summed E-state index contributed by atoms with van der Waals surface area (Å²) in [6.45, 7) is 0.910. The second-order valence-corrected chi connectivity index (χ2v) is 6.58. The van der Waals surface area contributed by atoms with Crippen molar-refractivity contribution in [3.05, 3.63) is 17.9 Å². The Morgan fingerprint density at radius 1 is 1.37 bits per heavy atom. The number of nitrogens with one attached hydrogen (secondary N) is 1. The lowest BCUT2D eigenvalue weighted by Crippen LogP contribution is -3.06. The summed E-state index contributed by atoms with van der Waals surface area (Å²) in [6.07, 6.45) is 0. The molecule has 1 heterocycles. The van der Waals surface area contributed by atoms with Gasteiger partial charge in [-0.1, -0.05) is 0 Å². The summed E-state index contributed by atoms with van der Waals surface area (Å²) < 4.78 is 34.5. The van der Waals surface area contributed by atoms with Crippen LogP contribution >= 0.6 is 0 Å². The average molecular weight is 291 g/mol. The number of nitrogens with zero attached hydrogens (tertiary/aromatic N) is 1. The number of rotatable bonds is 6. The van der Waals surface area contributed by atoms with Gasteiger partial charge in [-0.25, -0.2) is 17.5 Å². The van der Waals surface area contributed by atoms with Gasteiger partial charge in [-0.05, 0) is 12.1 Å². The molecule has 0 saturated carbocycles. The molecule has 7 nitrogen and oxygen atoms in total. The minimum Gasteiger partial charge on any atom is -0.454 e. The van der Waals surface area contributed by atoms with Crippen LogP contribution in [-0.4, -0.2) is 60.0 Å². The fourth-order valence-corrected chi connectivity index (χ4v) is 1.96. The topological polar surface area (TPSA) is 81.3 Å². The quantitative estimate of drug-likeness (QED) is 0.668. The molecule has 1 N–H and O–H groups in total. The van der Waals surface area contributed by atoms with Crippen LogP contribution in [0.2, 0.25) is 0 Å². The van der Waals surface area contributed by atoms with Crippen molar-refractivity contribution in [2.45, 2.75) is 5.09 Å². The zero-order valence-electron chi connectivity index (χ0n) is 11.5. The van der Waals surface area contributed by atoms with Gasteiger partial charge < -0.3 is 14.1 Å². The Balaban J connectivity index is 2.72. The van der Waals surface area contributed by atoms with Gasteiger partial charge in [-0.2, -0.15) is 0 Å². The minimum absolute atomic E-state index is 0.116. The summed E-state index contributed by atoms with van der Waals surface area (Å²) in [5.74, 6) is -0.782. The third-order valence-electron chi connectivity index (χ3n) is 2.35. The maximum Gasteiger partial charge on any atom is 0.374 e. The first kappa shape index (κ1) is 15.7. The molecule has 0 spiro atoms. The van der Waals surface area contributed by atoms with Gasteiger partial charge in [-0.3, -0.25) is 0 Å². The van der Waals surface area contributed by atoms with E-state index in [1.807, 2.05) is 14.1 Å². The average Bonchev–Trinajstić information content (AvgIpc) is 2.77. The van der Waals surface area contributed by atoms with Crippen LogP contribution in [0.15, 0.2) is 21.6 Å². The highest BCUT2D eigenvalue weighted by molar-refractivity contribution is 7.88. The fourth-order valence-electron chi connectivity index (χ4n) is 1.17. The largest absolute Gasteiger partial charge is 0.454 e. The molecule has 0 amide bonds. The molecule has 1 rings (SSSR count). The van der Waals surface area contributed by atoms with E-state index in [1.54, 1.807) is 0 Å². The van der Waals surface area contributed by atoms with Crippen LogP contribution in [0.4, 0.5) is 0 Å². The zero-order valence-corrected chi connectivity index (χ0v) is 12.3. The van der Waals surface area contributed by atoms with Crippen LogP contribution in [0, 0.1) is 0 Å². The Labute approximate surface area is 112 Å². The number of esters is 1. The zero-order chi connectivity index (χ0) is 14.6. The molecule has 1 aromatic rings. The summed E-state index contributed by atoms with van der Waals surface area (Å²) >= 11 is 0. The number of sulfonamides is 1. The predicted octanol–water partition coefficient (Wildman–Crippen LogP) is -1.17. The highest BCUT2D eigenvalue weighted by Gasteiger charge is 2.23. The first-order chi connectivity index (χ1) is 8.75. The third kappa shape index (κ3) is 4.05. The summed E-state index contributed by atoms with van der Waals surface area (Å²) in [4.78, 5) is 12.7. The van der Waals surface area contributed by atoms with Crippen molar-refractivity contribution >= 4 is 16.0 Å². The van der Waals surface area contributed by atoms with Gasteiger partial charge in [-0.15, -0.1) is 0 Å². The maximum atomic E-state index is 11.7. The molecule has 0 aliphatic rings. The number of hydrogen-bond acceptors (Lipinski definition) is 5. The van der Waals surface area contributed by atoms with Gasteiger partial charge in [0, 0.05) is 14.1 Å². The standard InChI is InChI=1S/C11H18N2O5S/c1-12(2)7-8-17-11(14)9-5-6-10(18-9)19(15,16)13(3)4/h5-6H,7-8H2,1-4H3/p+1. The molecule has 0 aliphatic heterocycles. The lowest BCUT2D eigenvalue weighted by molar-refractivity contribution is -0.858. The molecular weight excluding hydrogens is 272 g/mol. The Morgan fingerprint density at radius 3 is 2.53 bits per heavy atom. The number of hydrogen-bond donors (Lipinski definition) is 1. The number of furan rings is 1. The van der Waals surface area contributed by atoms with Crippen molar-refractivity contribution in [1.82, 2.24) is 4.31 Å². The van der Waals surface area contributed by atoms with Gasteiger partial charge in [0.2, 0.25) is 10.9 Å².